The maximum Gasteiger partial charge on any atom is 0.219 e. The van der Waals surface area contributed by atoms with E-state index in [1.807, 2.05) is 17.5 Å². The van der Waals surface area contributed by atoms with Gasteiger partial charge in [-0.25, -0.2) is 0 Å². The maximum absolute atomic E-state index is 9.92. The van der Waals surface area contributed by atoms with E-state index in [1.165, 1.54) is 16.9 Å². The third-order valence-corrected chi connectivity index (χ3v) is 3.05. The van der Waals surface area contributed by atoms with Crippen molar-refractivity contribution in [1.82, 2.24) is 4.37 Å². The molecule has 1 amide bonds. The molecule has 0 fully saturated rings. The van der Waals surface area contributed by atoms with Crippen molar-refractivity contribution in [2.45, 2.75) is 13.8 Å². The van der Waals surface area contributed by atoms with E-state index in [9.17, 15) is 4.79 Å². The molecule has 2 N–H and O–H groups in total. The number of rotatable bonds is 1. The van der Waals surface area contributed by atoms with Crippen LogP contribution in [0.4, 0.5) is 0 Å². The Bertz CT molecular complexity index is 482. The second kappa shape index (κ2) is 5.96. The number of benzene rings is 1. The van der Waals surface area contributed by atoms with Crippen LogP contribution in [0.2, 0.25) is 0 Å². The molecule has 5 heteroatoms. The van der Waals surface area contributed by atoms with Crippen LogP contribution in [0.15, 0.2) is 28.1 Å². The van der Waals surface area contributed by atoms with Crippen molar-refractivity contribution in [2.75, 3.05) is 0 Å². The minimum absolute atomic E-state index is 0.00926. The number of hydrogen-bond donors (Lipinski definition) is 1. The van der Waals surface area contributed by atoms with E-state index in [1.54, 1.807) is 13.8 Å². The average Bonchev–Trinajstić information content (AvgIpc) is 2.65. The van der Waals surface area contributed by atoms with E-state index in [0.29, 0.717) is 0 Å². The molecule has 0 aliphatic carbocycles. The lowest BCUT2D eigenvalue weighted by Gasteiger charge is -1.90. The highest BCUT2D eigenvalue weighted by atomic mass is 79.9. The Balaban J connectivity index is 0.000000187. The third-order valence-electron chi connectivity index (χ3n) is 1.89. The van der Waals surface area contributed by atoms with Crippen molar-refractivity contribution < 1.29 is 4.79 Å². The Hall–Kier alpha value is -0.940. The van der Waals surface area contributed by atoms with E-state index in [-0.39, 0.29) is 11.8 Å². The standard InChI is InChI=1S/C7H4BrNS.C4H9NO/c8-6-2-1-5-4-10-9-7(5)3-6;1-3(2)4(5)6/h1-4H;3H,1-2H3,(H2,5,6). The van der Waals surface area contributed by atoms with E-state index < -0.39 is 0 Å². The molecule has 16 heavy (non-hydrogen) atoms. The van der Waals surface area contributed by atoms with Crippen LogP contribution < -0.4 is 5.73 Å². The first-order valence-electron chi connectivity index (χ1n) is 4.79. The number of nitrogens with zero attached hydrogens (tertiary/aromatic N) is 1. The second-order valence-electron chi connectivity index (χ2n) is 3.57. The molecule has 0 saturated heterocycles. The summed E-state index contributed by atoms with van der Waals surface area (Å²) in [7, 11) is 0. The summed E-state index contributed by atoms with van der Waals surface area (Å²) in [6, 6.07) is 6.10. The van der Waals surface area contributed by atoms with Gasteiger partial charge in [0.05, 0.1) is 5.52 Å². The summed E-state index contributed by atoms with van der Waals surface area (Å²) < 4.78 is 5.28. The van der Waals surface area contributed by atoms with Gasteiger partial charge in [-0.3, -0.25) is 4.79 Å². The lowest BCUT2D eigenvalue weighted by molar-refractivity contribution is -0.120. The maximum atomic E-state index is 9.92. The fourth-order valence-corrected chi connectivity index (χ4v) is 1.82. The molecular formula is C11H13BrN2OS. The van der Waals surface area contributed by atoms with Crippen molar-refractivity contribution in [3.8, 4) is 0 Å². The zero-order chi connectivity index (χ0) is 12.1. The monoisotopic (exact) mass is 300 g/mol. The molecule has 1 aromatic heterocycles. The summed E-state index contributed by atoms with van der Waals surface area (Å²) in [5, 5.41) is 3.26. The fourth-order valence-electron chi connectivity index (χ4n) is 0.835. The normalized spacial score (nSPS) is 10.0. The van der Waals surface area contributed by atoms with Crippen LogP contribution in [-0.2, 0) is 4.79 Å². The quantitative estimate of drug-likeness (QED) is 0.879. The highest BCUT2D eigenvalue weighted by molar-refractivity contribution is 9.10. The van der Waals surface area contributed by atoms with Crippen molar-refractivity contribution in [3.63, 3.8) is 0 Å². The molecule has 0 saturated carbocycles. The molecule has 0 atom stereocenters. The zero-order valence-electron chi connectivity index (χ0n) is 9.11. The summed E-state index contributed by atoms with van der Waals surface area (Å²) in [6.07, 6.45) is 0. The Morgan fingerprint density at radius 1 is 1.50 bits per heavy atom. The van der Waals surface area contributed by atoms with Crippen LogP contribution in [0.25, 0.3) is 10.9 Å². The van der Waals surface area contributed by atoms with Crippen LogP contribution in [0.1, 0.15) is 13.8 Å². The average molecular weight is 301 g/mol. The Labute approximate surface area is 107 Å². The third kappa shape index (κ3) is 3.90. The Kier molecular flexibility index (Phi) is 4.89. The minimum atomic E-state index is -0.241. The molecule has 2 rings (SSSR count). The predicted molar refractivity (Wildman–Crippen MR) is 71.4 cm³/mol. The van der Waals surface area contributed by atoms with Crippen molar-refractivity contribution >= 4 is 44.3 Å². The SMILES string of the molecule is Brc1ccc2csnc2c1.CC(C)C(N)=O. The summed E-state index contributed by atoms with van der Waals surface area (Å²) in [5.41, 5.74) is 5.87. The molecule has 0 radical (unpaired) electrons. The summed E-state index contributed by atoms with van der Waals surface area (Å²) in [5.74, 6) is -0.250. The number of aromatic nitrogens is 1. The smallest absolute Gasteiger partial charge is 0.219 e. The first kappa shape index (κ1) is 13.1. The number of amides is 1. The van der Waals surface area contributed by atoms with Crippen molar-refractivity contribution in [3.05, 3.63) is 28.1 Å². The highest BCUT2D eigenvalue weighted by Gasteiger charge is 1.96. The molecule has 0 aliphatic rings. The van der Waals surface area contributed by atoms with Gasteiger partial charge in [0.25, 0.3) is 0 Å². The first-order chi connectivity index (χ1) is 7.50. The number of fused-ring (bicyclic) bond motifs is 1. The fraction of sp³-hybridized carbons (Fsp3) is 0.273. The van der Waals surface area contributed by atoms with Gasteiger partial charge in [0.2, 0.25) is 5.91 Å². The van der Waals surface area contributed by atoms with Gasteiger partial charge in [-0.15, -0.1) is 0 Å². The largest absolute Gasteiger partial charge is 0.369 e. The lowest BCUT2D eigenvalue weighted by atomic mass is 10.2. The summed E-state index contributed by atoms with van der Waals surface area (Å²) in [4.78, 5) is 9.92. The van der Waals surface area contributed by atoms with Crippen LogP contribution in [0.3, 0.4) is 0 Å². The number of halogens is 1. The van der Waals surface area contributed by atoms with Gasteiger partial charge in [0.1, 0.15) is 0 Å². The molecule has 86 valence electrons. The zero-order valence-corrected chi connectivity index (χ0v) is 11.5. The van der Waals surface area contributed by atoms with Gasteiger partial charge < -0.3 is 5.73 Å². The Morgan fingerprint density at radius 3 is 2.69 bits per heavy atom. The van der Waals surface area contributed by atoms with E-state index in [4.69, 9.17) is 5.73 Å². The van der Waals surface area contributed by atoms with E-state index >= 15 is 0 Å². The second-order valence-corrected chi connectivity index (χ2v) is 5.12. The number of hydrogen-bond acceptors (Lipinski definition) is 3. The molecule has 0 spiro atoms. The number of primary amides is 1. The van der Waals surface area contributed by atoms with Crippen LogP contribution in [0.5, 0.6) is 0 Å². The number of nitrogens with two attached hydrogens (primary N) is 1. The van der Waals surface area contributed by atoms with Crippen LogP contribution in [-0.4, -0.2) is 10.3 Å². The van der Waals surface area contributed by atoms with E-state index in [0.717, 1.165) is 9.99 Å². The van der Waals surface area contributed by atoms with Crippen molar-refractivity contribution in [2.24, 2.45) is 11.7 Å². The van der Waals surface area contributed by atoms with Gasteiger partial charge in [0, 0.05) is 21.2 Å². The van der Waals surface area contributed by atoms with Gasteiger partial charge in [0.15, 0.2) is 0 Å². The molecule has 0 bridgehead atoms. The van der Waals surface area contributed by atoms with Crippen LogP contribution in [0, 0.1) is 5.92 Å². The molecule has 0 aliphatic heterocycles. The minimum Gasteiger partial charge on any atom is -0.369 e. The number of carbonyl (C=O) groups is 1. The first-order valence-corrected chi connectivity index (χ1v) is 6.42. The summed E-state index contributed by atoms with van der Waals surface area (Å²) >= 11 is 4.87. The molecule has 2 aromatic rings. The molecule has 1 heterocycles. The summed E-state index contributed by atoms with van der Waals surface area (Å²) in [6.45, 7) is 3.53. The molecule has 3 nitrogen and oxygen atoms in total. The molecular weight excluding hydrogens is 288 g/mol. The van der Waals surface area contributed by atoms with Gasteiger partial charge in [-0.2, -0.15) is 4.37 Å². The Morgan fingerprint density at radius 2 is 2.12 bits per heavy atom. The van der Waals surface area contributed by atoms with Crippen LogP contribution >= 0.6 is 27.5 Å². The van der Waals surface area contributed by atoms with Crippen molar-refractivity contribution in [1.29, 1.82) is 0 Å². The molecule has 0 unspecified atom stereocenters. The van der Waals surface area contributed by atoms with Gasteiger partial charge in [-0.1, -0.05) is 35.8 Å². The lowest BCUT2D eigenvalue weighted by Crippen LogP contribution is -2.17. The predicted octanol–water partition coefficient (Wildman–Crippen LogP) is 3.19. The molecule has 1 aromatic carbocycles. The topological polar surface area (TPSA) is 56.0 Å². The van der Waals surface area contributed by atoms with E-state index in [2.05, 4.69) is 26.4 Å². The van der Waals surface area contributed by atoms with Gasteiger partial charge >= 0.3 is 0 Å². The van der Waals surface area contributed by atoms with Gasteiger partial charge in [-0.05, 0) is 23.7 Å². The highest BCUT2D eigenvalue weighted by Crippen LogP contribution is 2.19. The number of carbonyl (C=O) groups excluding carboxylic acids is 1.